The van der Waals surface area contributed by atoms with Gasteiger partial charge in [-0.3, -0.25) is 4.79 Å². The monoisotopic (exact) mass is 343 g/mol. The molecule has 1 atom stereocenters. The minimum absolute atomic E-state index is 0.126. The van der Waals surface area contributed by atoms with Crippen LogP contribution in [-0.4, -0.2) is 21.9 Å². The first-order chi connectivity index (χ1) is 11.6. The summed E-state index contributed by atoms with van der Waals surface area (Å²) in [6, 6.07) is 11.2. The van der Waals surface area contributed by atoms with Gasteiger partial charge >= 0.3 is 0 Å². The summed E-state index contributed by atoms with van der Waals surface area (Å²) in [5.74, 6) is 1.23. The minimum atomic E-state index is -0.182. The summed E-state index contributed by atoms with van der Waals surface area (Å²) in [7, 11) is 0. The van der Waals surface area contributed by atoms with Gasteiger partial charge in [-0.1, -0.05) is 29.5 Å². The van der Waals surface area contributed by atoms with Crippen LogP contribution in [-0.2, 0) is 4.79 Å². The summed E-state index contributed by atoms with van der Waals surface area (Å²) in [6.45, 7) is 3.88. The second-order valence-corrected chi connectivity index (χ2v) is 6.26. The third-order valence-corrected chi connectivity index (χ3v) is 4.20. The third kappa shape index (κ3) is 4.05. The number of amides is 1. The van der Waals surface area contributed by atoms with Crippen molar-refractivity contribution in [2.24, 2.45) is 0 Å². The molecule has 0 bridgehead atoms. The number of aromatic nitrogens is 2. The second kappa shape index (κ2) is 7.35. The molecule has 3 aromatic rings. The summed E-state index contributed by atoms with van der Waals surface area (Å²) in [6.07, 6.45) is 1.58. The number of thioether (sulfide) groups is 1. The van der Waals surface area contributed by atoms with Crippen molar-refractivity contribution in [2.45, 2.75) is 25.1 Å². The first kappa shape index (κ1) is 16.3. The van der Waals surface area contributed by atoms with Crippen molar-refractivity contribution >= 4 is 17.7 Å². The van der Waals surface area contributed by atoms with Gasteiger partial charge in [0.15, 0.2) is 0 Å². The Bertz CT molecular complexity index is 797. The van der Waals surface area contributed by atoms with Gasteiger partial charge in [-0.15, -0.1) is 10.2 Å². The van der Waals surface area contributed by atoms with Crippen molar-refractivity contribution < 1.29 is 13.6 Å². The molecule has 124 valence electrons. The van der Waals surface area contributed by atoms with E-state index in [2.05, 4.69) is 15.5 Å². The Morgan fingerprint density at radius 3 is 2.75 bits per heavy atom. The minimum Gasteiger partial charge on any atom is -0.467 e. The maximum absolute atomic E-state index is 12.0. The molecule has 24 heavy (non-hydrogen) atoms. The smallest absolute Gasteiger partial charge is 0.277 e. The molecule has 1 amide bonds. The first-order valence-electron chi connectivity index (χ1n) is 7.48. The Balaban J connectivity index is 1.53. The summed E-state index contributed by atoms with van der Waals surface area (Å²) in [5.41, 5.74) is 2.02. The highest BCUT2D eigenvalue weighted by Gasteiger charge is 2.14. The van der Waals surface area contributed by atoms with E-state index in [1.54, 1.807) is 12.3 Å². The van der Waals surface area contributed by atoms with Crippen LogP contribution in [0.2, 0.25) is 0 Å². The molecule has 0 aliphatic heterocycles. The number of carbonyl (C=O) groups is 1. The van der Waals surface area contributed by atoms with E-state index in [0.29, 0.717) is 16.9 Å². The molecule has 3 rings (SSSR count). The zero-order chi connectivity index (χ0) is 16.9. The second-order valence-electron chi connectivity index (χ2n) is 5.33. The van der Waals surface area contributed by atoms with E-state index < -0.39 is 0 Å². The van der Waals surface area contributed by atoms with E-state index in [-0.39, 0.29) is 17.7 Å². The van der Waals surface area contributed by atoms with Crippen LogP contribution in [0.5, 0.6) is 0 Å². The molecule has 0 saturated carbocycles. The fourth-order valence-electron chi connectivity index (χ4n) is 2.10. The van der Waals surface area contributed by atoms with Crippen molar-refractivity contribution in [2.75, 3.05) is 5.75 Å². The van der Waals surface area contributed by atoms with Gasteiger partial charge in [0, 0.05) is 5.56 Å². The van der Waals surface area contributed by atoms with Crippen molar-refractivity contribution in [1.29, 1.82) is 0 Å². The molecule has 1 N–H and O–H groups in total. The highest BCUT2D eigenvalue weighted by atomic mass is 32.2. The summed E-state index contributed by atoms with van der Waals surface area (Å²) in [5, 5.41) is 11.2. The van der Waals surface area contributed by atoms with Crippen molar-refractivity contribution in [3.05, 3.63) is 54.0 Å². The Kier molecular flexibility index (Phi) is 5.00. The average Bonchev–Trinajstić information content (AvgIpc) is 3.25. The molecule has 0 radical (unpaired) electrons. The standard InChI is InChI=1S/C17H17N3O3S/c1-11-5-7-13(8-6-11)16-19-20-17(23-16)24-10-15(21)18-12(2)14-4-3-9-22-14/h3-9,12H,10H2,1-2H3,(H,18,21). The fraction of sp³-hybridized carbons (Fsp3) is 0.235. The summed E-state index contributed by atoms with van der Waals surface area (Å²) < 4.78 is 10.8. The topological polar surface area (TPSA) is 81.2 Å². The van der Waals surface area contributed by atoms with E-state index >= 15 is 0 Å². The van der Waals surface area contributed by atoms with Gasteiger partial charge in [-0.05, 0) is 38.1 Å². The molecule has 2 aromatic heterocycles. The molecular weight excluding hydrogens is 326 g/mol. The largest absolute Gasteiger partial charge is 0.467 e. The lowest BCUT2D eigenvalue weighted by Crippen LogP contribution is -2.27. The van der Waals surface area contributed by atoms with Crippen LogP contribution in [0.15, 0.2) is 56.7 Å². The maximum atomic E-state index is 12.0. The predicted octanol–water partition coefficient (Wildman–Crippen LogP) is 3.61. The zero-order valence-electron chi connectivity index (χ0n) is 13.4. The lowest BCUT2D eigenvalue weighted by atomic mass is 10.1. The van der Waals surface area contributed by atoms with Gasteiger partial charge in [0.05, 0.1) is 18.1 Å². The fourth-order valence-corrected chi connectivity index (χ4v) is 2.67. The Hall–Kier alpha value is -2.54. The normalized spacial score (nSPS) is 12.1. The molecule has 0 spiro atoms. The van der Waals surface area contributed by atoms with Crippen molar-refractivity contribution in [3.63, 3.8) is 0 Å². The van der Waals surface area contributed by atoms with E-state index in [0.717, 1.165) is 11.1 Å². The molecule has 0 fully saturated rings. The van der Waals surface area contributed by atoms with Crippen LogP contribution in [0.3, 0.4) is 0 Å². The number of aryl methyl sites for hydroxylation is 1. The molecule has 2 heterocycles. The number of hydrogen-bond acceptors (Lipinski definition) is 6. The van der Waals surface area contributed by atoms with E-state index in [1.165, 1.54) is 11.8 Å². The van der Waals surface area contributed by atoms with E-state index in [1.807, 2.05) is 44.2 Å². The number of carbonyl (C=O) groups excluding carboxylic acids is 1. The van der Waals surface area contributed by atoms with E-state index in [4.69, 9.17) is 8.83 Å². The molecule has 1 aromatic carbocycles. The van der Waals surface area contributed by atoms with Gasteiger partial charge in [-0.2, -0.15) is 0 Å². The van der Waals surface area contributed by atoms with Gasteiger partial charge in [0.1, 0.15) is 5.76 Å². The van der Waals surface area contributed by atoms with Gasteiger partial charge in [-0.25, -0.2) is 0 Å². The molecule has 0 aliphatic carbocycles. The lowest BCUT2D eigenvalue weighted by molar-refractivity contribution is -0.119. The number of rotatable bonds is 6. The zero-order valence-corrected chi connectivity index (χ0v) is 14.2. The van der Waals surface area contributed by atoms with E-state index in [9.17, 15) is 4.79 Å². The van der Waals surface area contributed by atoms with Crippen LogP contribution in [0, 0.1) is 6.92 Å². The van der Waals surface area contributed by atoms with Crippen LogP contribution in [0.25, 0.3) is 11.5 Å². The number of hydrogen-bond donors (Lipinski definition) is 1. The molecule has 7 heteroatoms. The number of benzene rings is 1. The summed E-state index contributed by atoms with van der Waals surface area (Å²) in [4.78, 5) is 12.0. The lowest BCUT2D eigenvalue weighted by Gasteiger charge is -2.10. The number of nitrogens with one attached hydrogen (secondary N) is 1. The number of furan rings is 1. The van der Waals surface area contributed by atoms with Gasteiger partial charge < -0.3 is 14.2 Å². The highest BCUT2D eigenvalue weighted by Crippen LogP contribution is 2.23. The van der Waals surface area contributed by atoms with Crippen LogP contribution in [0.4, 0.5) is 0 Å². The molecule has 0 aliphatic rings. The predicted molar refractivity (Wildman–Crippen MR) is 90.5 cm³/mol. The quantitative estimate of drug-likeness (QED) is 0.689. The van der Waals surface area contributed by atoms with Crippen LogP contribution >= 0.6 is 11.8 Å². The molecule has 6 nitrogen and oxygen atoms in total. The first-order valence-corrected chi connectivity index (χ1v) is 8.46. The van der Waals surface area contributed by atoms with Crippen molar-refractivity contribution in [3.8, 4) is 11.5 Å². The van der Waals surface area contributed by atoms with Crippen LogP contribution in [0.1, 0.15) is 24.3 Å². The van der Waals surface area contributed by atoms with Crippen molar-refractivity contribution in [1.82, 2.24) is 15.5 Å². The summed E-state index contributed by atoms with van der Waals surface area (Å²) >= 11 is 1.20. The Morgan fingerprint density at radius 2 is 2.04 bits per heavy atom. The molecule has 0 saturated heterocycles. The molecule has 1 unspecified atom stereocenters. The Morgan fingerprint density at radius 1 is 1.25 bits per heavy atom. The Labute approximate surface area is 143 Å². The highest BCUT2D eigenvalue weighted by molar-refractivity contribution is 7.99. The SMILES string of the molecule is Cc1ccc(-c2nnc(SCC(=O)NC(C)c3ccco3)o2)cc1. The third-order valence-electron chi connectivity index (χ3n) is 3.38. The van der Waals surface area contributed by atoms with Crippen LogP contribution < -0.4 is 5.32 Å². The average molecular weight is 343 g/mol. The van der Waals surface area contributed by atoms with Gasteiger partial charge in [0.2, 0.25) is 11.8 Å². The maximum Gasteiger partial charge on any atom is 0.277 e. The van der Waals surface area contributed by atoms with Gasteiger partial charge in [0.25, 0.3) is 5.22 Å². The molecular formula is C17H17N3O3S. The number of nitrogens with zero attached hydrogens (tertiary/aromatic N) is 2.